The highest BCUT2D eigenvalue weighted by Gasteiger charge is 2.21. The molecule has 0 spiro atoms. The number of amides is 1. The molecule has 32 heavy (non-hydrogen) atoms. The third-order valence-corrected chi connectivity index (χ3v) is 6.05. The molecule has 1 aromatic carbocycles. The summed E-state index contributed by atoms with van der Waals surface area (Å²) in [6.07, 6.45) is 4.34. The molecule has 2 aromatic rings. The van der Waals surface area contributed by atoms with Gasteiger partial charge in [0.05, 0.1) is 17.9 Å². The van der Waals surface area contributed by atoms with Gasteiger partial charge in [-0.15, -0.1) is 0 Å². The smallest absolute Gasteiger partial charge is 0.412 e. The Morgan fingerprint density at radius 1 is 1.25 bits per heavy atom. The average Bonchev–Trinajstić information content (AvgIpc) is 3.08. The van der Waals surface area contributed by atoms with Crippen molar-refractivity contribution < 1.29 is 24.2 Å². The lowest BCUT2D eigenvalue weighted by molar-refractivity contribution is 0.0635. The Hall–Kier alpha value is -2.91. The number of aromatic nitrogens is 2. The van der Waals surface area contributed by atoms with Crippen LogP contribution in [-0.2, 0) is 16.1 Å². The van der Waals surface area contributed by atoms with Crippen LogP contribution in [0.2, 0.25) is 19.6 Å². The van der Waals surface area contributed by atoms with Gasteiger partial charge in [0, 0.05) is 18.5 Å². The van der Waals surface area contributed by atoms with Gasteiger partial charge in [0.1, 0.15) is 17.2 Å². The number of benzene rings is 1. The molecule has 0 bridgehead atoms. The van der Waals surface area contributed by atoms with Crippen molar-refractivity contribution >= 4 is 31.9 Å². The van der Waals surface area contributed by atoms with E-state index in [1.54, 1.807) is 26.8 Å². The molecule has 0 atom stereocenters. The Bertz CT molecular complexity index is 1000. The molecule has 2 N–H and O–H groups in total. The molecule has 8 nitrogen and oxygen atoms in total. The summed E-state index contributed by atoms with van der Waals surface area (Å²) in [5.41, 5.74) is 0.557. The first-order valence-corrected chi connectivity index (χ1v) is 14.0. The number of rotatable bonds is 8. The van der Waals surface area contributed by atoms with E-state index in [0.29, 0.717) is 24.7 Å². The third kappa shape index (κ3) is 7.35. The number of imidazole rings is 1. The largest absolute Gasteiger partial charge is 0.507 e. The van der Waals surface area contributed by atoms with E-state index < -0.39 is 25.7 Å². The van der Waals surface area contributed by atoms with E-state index >= 15 is 0 Å². The molecule has 1 heterocycles. The molecular formula is C23H33N3O5Si. The second-order valence-corrected chi connectivity index (χ2v) is 14.1. The van der Waals surface area contributed by atoms with Gasteiger partial charge in [-0.1, -0.05) is 19.6 Å². The maximum absolute atomic E-state index is 12.8. The van der Waals surface area contributed by atoms with Crippen molar-refractivity contribution in [2.24, 2.45) is 0 Å². The molecule has 1 amide bonds. The van der Waals surface area contributed by atoms with E-state index in [1.807, 2.05) is 13.1 Å². The van der Waals surface area contributed by atoms with Crippen LogP contribution in [0.15, 0.2) is 30.5 Å². The van der Waals surface area contributed by atoms with Gasteiger partial charge in [0.25, 0.3) is 0 Å². The number of phenols is 1. The minimum absolute atomic E-state index is 0.0652. The van der Waals surface area contributed by atoms with Crippen molar-refractivity contribution in [3.63, 3.8) is 0 Å². The van der Waals surface area contributed by atoms with Crippen molar-refractivity contribution in [3.8, 4) is 5.75 Å². The third-order valence-electron chi connectivity index (χ3n) is 4.25. The predicted octanol–water partition coefficient (Wildman–Crippen LogP) is 5.05. The number of aromatic hydroxyl groups is 1. The van der Waals surface area contributed by atoms with Gasteiger partial charge in [-0.2, -0.15) is 0 Å². The highest BCUT2D eigenvalue weighted by molar-refractivity contribution is 6.74. The van der Waals surface area contributed by atoms with Gasteiger partial charge in [0.15, 0.2) is 14.0 Å². The quantitative estimate of drug-likeness (QED) is 0.248. The second kappa shape index (κ2) is 10.1. The van der Waals surface area contributed by atoms with Crippen LogP contribution >= 0.6 is 0 Å². The van der Waals surface area contributed by atoms with E-state index in [1.165, 1.54) is 24.3 Å². The number of nitrogens with one attached hydrogen (secondary N) is 1. The number of carbonyl (C=O) groups excluding carboxylic acids is 2. The Morgan fingerprint density at radius 2 is 1.94 bits per heavy atom. The van der Waals surface area contributed by atoms with Crippen LogP contribution in [0.1, 0.15) is 49.6 Å². The zero-order valence-corrected chi connectivity index (χ0v) is 20.9. The number of hydrogen-bond donors (Lipinski definition) is 2. The summed E-state index contributed by atoms with van der Waals surface area (Å²) in [5, 5.41) is 12.8. The van der Waals surface area contributed by atoms with Crippen molar-refractivity contribution in [1.82, 2.24) is 9.22 Å². The fourth-order valence-electron chi connectivity index (χ4n) is 2.85. The monoisotopic (exact) mass is 459 g/mol. The number of nitrogens with zero attached hydrogens (tertiary/aromatic N) is 2. The molecule has 0 unspecified atom stereocenters. The first-order valence-electron chi connectivity index (χ1n) is 10.5. The molecular weight excluding hydrogens is 426 g/mol. The normalized spacial score (nSPS) is 12.2. The van der Waals surface area contributed by atoms with Crippen molar-refractivity contribution in [2.45, 2.75) is 59.5 Å². The molecule has 9 heteroatoms. The van der Waals surface area contributed by atoms with Crippen LogP contribution in [-0.4, -0.2) is 46.6 Å². The van der Waals surface area contributed by atoms with Crippen LogP contribution in [0.5, 0.6) is 5.75 Å². The summed E-state index contributed by atoms with van der Waals surface area (Å²) in [6, 6.07) is 4.27. The Balaban J connectivity index is 2.25. The number of carbonyl (C=O) groups is 2. The number of phenolic OH excluding ortho intramolecular Hbond substituents is 1. The summed E-state index contributed by atoms with van der Waals surface area (Å²) in [4.78, 5) is 29.4. The van der Waals surface area contributed by atoms with Crippen molar-refractivity contribution in [3.05, 3.63) is 47.6 Å². The van der Waals surface area contributed by atoms with E-state index in [9.17, 15) is 14.7 Å². The van der Waals surface area contributed by atoms with Crippen molar-refractivity contribution in [2.75, 3.05) is 11.9 Å². The highest BCUT2D eigenvalue weighted by Crippen LogP contribution is 2.24. The summed E-state index contributed by atoms with van der Waals surface area (Å²) in [5.74, 6) is 0.0709. The molecule has 2 rings (SSSR count). The van der Waals surface area contributed by atoms with E-state index in [-0.39, 0.29) is 11.3 Å². The van der Waals surface area contributed by atoms with Gasteiger partial charge in [0.2, 0.25) is 0 Å². The minimum atomic E-state index is -1.78. The van der Waals surface area contributed by atoms with Crippen LogP contribution in [0.4, 0.5) is 10.5 Å². The molecule has 0 saturated heterocycles. The van der Waals surface area contributed by atoms with Gasteiger partial charge >= 0.3 is 6.09 Å². The van der Waals surface area contributed by atoms with Crippen LogP contribution in [0.25, 0.3) is 6.08 Å². The van der Waals surface area contributed by atoms with Crippen molar-refractivity contribution in [1.29, 1.82) is 0 Å². The predicted molar refractivity (Wildman–Crippen MR) is 128 cm³/mol. The Labute approximate surface area is 190 Å². The summed E-state index contributed by atoms with van der Waals surface area (Å²) < 4.78 is 12.8. The lowest BCUT2D eigenvalue weighted by Gasteiger charge is -2.20. The minimum Gasteiger partial charge on any atom is -0.507 e. The van der Waals surface area contributed by atoms with Gasteiger partial charge in [-0.25, -0.2) is 9.78 Å². The Morgan fingerprint density at radius 3 is 2.53 bits per heavy atom. The fraction of sp³-hybridized carbons (Fsp3) is 0.435. The molecule has 0 aliphatic rings. The maximum atomic E-state index is 12.8. The zero-order valence-electron chi connectivity index (χ0n) is 19.9. The summed E-state index contributed by atoms with van der Waals surface area (Å²) in [6.45, 7) is 14.7. The fourth-order valence-corrected chi connectivity index (χ4v) is 4.20. The van der Waals surface area contributed by atoms with E-state index in [4.69, 9.17) is 9.47 Å². The van der Waals surface area contributed by atoms with Crippen LogP contribution in [0, 0.1) is 0 Å². The summed E-state index contributed by atoms with van der Waals surface area (Å²) >= 11 is 0. The molecule has 0 radical (unpaired) electrons. The molecule has 0 fully saturated rings. The lowest BCUT2D eigenvalue weighted by Crippen LogP contribution is -2.32. The van der Waals surface area contributed by atoms with Crippen LogP contribution in [0.3, 0.4) is 0 Å². The topological polar surface area (TPSA) is 103 Å². The SMILES string of the molecule is CCOCc1cn([Si](C)(C)C)c(C=CC(=O)c2cc(NC(=O)OC(C)(C)C)ccc2O)n1. The number of ether oxygens (including phenoxy) is 2. The van der Waals surface area contributed by atoms with E-state index in [0.717, 1.165) is 5.69 Å². The van der Waals surface area contributed by atoms with Crippen LogP contribution < -0.4 is 5.32 Å². The standard InChI is InChI=1S/C23H33N3O5Si/c1-8-30-15-17-14-26(32(5,6)7)21(24-17)12-11-20(28)18-13-16(9-10-19(18)27)25-22(29)31-23(2,3)4/h9-14,27H,8,15H2,1-7H3,(H,25,29). The molecule has 0 aliphatic carbocycles. The first-order chi connectivity index (χ1) is 14.8. The number of anilines is 1. The number of hydrogen-bond acceptors (Lipinski definition) is 6. The second-order valence-electron chi connectivity index (χ2n) is 9.32. The summed E-state index contributed by atoms with van der Waals surface area (Å²) in [7, 11) is -1.78. The number of ketones is 1. The molecule has 0 saturated carbocycles. The Kier molecular flexibility index (Phi) is 8.03. The molecule has 0 aliphatic heterocycles. The van der Waals surface area contributed by atoms with E-state index in [2.05, 4.69) is 34.2 Å². The molecule has 1 aromatic heterocycles. The maximum Gasteiger partial charge on any atom is 0.412 e. The lowest BCUT2D eigenvalue weighted by atomic mass is 10.1. The zero-order chi connectivity index (χ0) is 24.1. The van der Waals surface area contributed by atoms with Gasteiger partial charge < -0.3 is 18.8 Å². The first kappa shape index (κ1) is 25.3. The average molecular weight is 460 g/mol. The highest BCUT2D eigenvalue weighted by atomic mass is 28.3. The van der Waals surface area contributed by atoms with Gasteiger partial charge in [-0.05, 0) is 58.0 Å². The molecule has 174 valence electrons. The van der Waals surface area contributed by atoms with Gasteiger partial charge in [-0.3, -0.25) is 10.1 Å². The number of allylic oxidation sites excluding steroid dienone is 1.